The van der Waals surface area contributed by atoms with Crippen LogP contribution in [0.4, 0.5) is 0 Å². The van der Waals surface area contributed by atoms with Gasteiger partial charge < -0.3 is 20.4 Å². The van der Waals surface area contributed by atoms with Crippen molar-refractivity contribution in [3.05, 3.63) is 0 Å². The molecule has 0 radical (unpaired) electrons. The second-order valence-electron chi connectivity index (χ2n) is 3.67. The Kier molecular flexibility index (Phi) is 2.51. The third-order valence-corrected chi connectivity index (χ3v) is 2.72. The lowest BCUT2D eigenvalue weighted by molar-refractivity contribution is -0.204. The summed E-state index contributed by atoms with van der Waals surface area (Å²) < 4.78 is 0. The Hall–Kier alpha value is -1.14. The van der Waals surface area contributed by atoms with E-state index in [2.05, 4.69) is 0 Å². The minimum Gasteiger partial charge on any atom is -0.480 e. The zero-order valence-electron chi connectivity index (χ0n) is 7.43. The maximum atomic E-state index is 10.8. The number of aliphatic carboxylic acids is 2. The third-order valence-electron chi connectivity index (χ3n) is 2.72. The topological polar surface area (TPSA) is 115 Å². The number of hydrogen-bond acceptors (Lipinski definition) is 4. The molecule has 1 saturated carbocycles. The molecule has 0 aromatic carbocycles. The van der Waals surface area contributed by atoms with Crippen LogP contribution in [0.1, 0.15) is 25.7 Å². The van der Waals surface area contributed by atoms with Gasteiger partial charge in [-0.2, -0.15) is 0 Å². The normalized spacial score (nSPS) is 24.1. The first-order valence-corrected chi connectivity index (χ1v) is 4.22. The predicted molar refractivity (Wildman–Crippen MR) is 43.3 cm³/mol. The van der Waals surface area contributed by atoms with Crippen molar-refractivity contribution in [2.45, 2.75) is 31.5 Å². The van der Waals surface area contributed by atoms with E-state index in [-0.39, 0.29) is 25.7 Å². The van der Waals surface area contributed by atoms with Crippen LogP contribution in [0.5, 0.6) is 0 Å². The molecule has 0 aromatic heterocycles. The molecule has 1 aliphatic carbocycles. The molecule has 0 amide bonds. The quantitative estimate of drug-likeness (QED) is 0.352. The van der Waals surface area contributed by atoms with Crippen LogP contribution in [0.3, 0.4) is 0 Å². The predicted octanol–water partition coefficient (Wildman–Crippen LogP) is -0.603. The molecule has 0 spiro atoms. The lowest BCUT2D eigenvalue weighted by Gasteiger charge is -2.35. The summed E-state index contributed by atoms with van der Waals surface area (Å²) in [5.41, 5.74) is -1.85. The minimum atomic E-state index is -1.92. The Morgan fingerprint density at radius 2 is 1.21 bits per heavy atom. The van der Waals surface area contributed by atoms with E-state index in [0.717, 1.165) is 0 Å². The van der Waals surface area contributed by atoms with E-state index in [1.165, 1.54) is 0 Å². The number of hydrogen-bond donors (Lipinski definition) is 4. The van der Waals surface area contributed by atoms with Crippen molar-refractivity contribution >= 4 is 11.9 Å². The van der Waals surface area contributed by atoms with Crippen LogP contribution in [-0.4, -0.2) is 38.2 Å². The molecule has 0 saturated heterocycles. The van der Waals surface area contributed by atoms with Crippen LogP contribution in [-0.2, 0) is 9.59 Å². The first kappa shape index (κ1) is 10.9. The second kappa shape index (κ2) is 3.21. The Morgan fingerprint density at radius 3 is 1.50 bits per heavy atom. The molecule has 4 N–H and O–H groups in total. The Labute approximate surface area is 79.8 Å². The molecular weight excluding hydrogens is 192 g/mol. The fourth-order valence-corrected chi connectivity index (χ4v) is 1.60. The van der Waals surface area contributed by atoms with Crippen LogP contribution in [0, 0.1) is 5.41 Å². The lowest BCUT2D eigenvalue weighted by Crippen LogP contribution is -2.47. The van der Waals surface area contributed by atoms with Gasteiger partial charge in [-0.05, 0) is 12.8 Å². The third kappa shape index (κ3) is 1.71. The summed E-state index contributed by atoms with van der Waals surface area (Å²) in [6.07, 6.45) is -0.980. The minimum absolute atomic E-state index is 0.231. The second-order valence-corrected chi connectivity index (χ2v) is 3.67. The summed E-state index contributed by atoms with van der Waals surface area (Å²) in [6, 6.07) is 0. The smallest absolute Gasteiger partial charge is 0.321 e. The van der Waals surface area contributed by atoms with Gasteiger partial charge in [-0.25, -0.2) is 0 Å². The highest BCUT2D eigenvalue weighted by Gasteiger charge is 2.51. The average Bonchev–Trinajstić information content (AvgIpc) is 2.03. The van der Waals surface area contributed by atoms with Crippen molar-refractivity contribution in [3.8, 4) is 0 Å². The molecule has 1 fully saturated rings. The van der Waals surface area contributed by atoms with Gasteiger partial charge in [0.05, 0.1) is 0 Å². The van der Waals surface area contributed by atoms with E-state index in [9.17, 15) is 9.59 Å². The Bertz CT molecular complexity index is 243. The fourth-order valence-electron chi connectivity index (χ4n) is 1.60. The van der Waals surface area contributed by atoms with Crippen molar-refractivity contribution < 1.29 is 30.0 Å². The van der Waals surface area contributed by atoms with Crippen LogP contribution >= 0.6 is 0 Å². The molecule has 0 aromatic rings. The van der Waals surface area contributed by atoms with Gasteiger partial charge in [-0.15, -0.1) is 0 Å². The van der Waals surface area contributed by atoms with Gasteiger partial charge in [0.15, 0.2) is 11.2 Å². The monoisotopic (exact) mass is 204 g/mol. The van der Waals surface area contributed by atoms with E-state index in [4.69, 9.17) is 20.4 Å². The summed E-state index contributed by atoms with van der Waals surface area (Å²) in [6.45, 7) is 0. The molecule has 1 aliphatic rings. The van der Waals surface area contributed by atoms with E-state index < -0.39 is 23.1 Å². The highest BCUT2D eigenvalue weighted by Crippen LogP contribution is 2.40. The van der Waals surface area contributed by atoms with Crippen LogP contribution in [0.25, 0.3) is 0 Å². The first-order valence-electron chi connectivity index (χ1n) is 4.22. The Morgan fingerprint density at radius 1 is 0.857 bits per heavy atom. The Balaban J connectivity index is 2.85. The largest absolute Gasteiger partial charge is 0.480 e. The van der Waals surface area contributed by atoms with Crippen molar-refractivity contribution in [2.24, 2.45) is 5.41 Å². The van der Waals surface area contributed by atoms with E-state index >= 15 is 0 Å². The van der Waals surface area contributed by atoms with Crippen molar-refractivity contribution in [1.82, 2.24) is 0 Å². The molecule has 0 aliphatic heterocycles. The highest BCUT2D eigenvalue weighted by atomic mass is 16.5. The SMILES string of the molecule is O=C(O)C1(C(=O)O)CCC(O)(O)CC1. The first-order chi connectivity index (χ1) is 6.30. The number of carboxylic acid groups (broad SMARTS) is 2. The molecular formula is C8H12O6. The maximum Gasteiger partial charge on any atom is 0.321 e. The summed E-state index contributed by atoms with van der Waals surface area (Å²) in [7, 11) is 0. The van der Waals surface area contributed by atoms with Gasteiger partial charge in [-0.3, -0.25) is 9.59 Å². The summed E-state index contributed by atoms with van der Waals surface area (Å²) in [4.78, 5) is 21.6. The van der Waals surface area contributed by atoms with Crippen molar-refractivity contribution in [1.29, 1.82) is 0 Å². The molecule has 0 bridgehead atoms. The average molecular weight is 204 g/mol. The number of rotatable bonds is 2. The van der Waals surface area contributed by atoms with Gasteiger partial charge in [0.25, 0.3) is 0 Å². The van der Waals surface area contributed by atoms with Gasteiger partial charge in [-0.1, -0.05) is 0 Å². The van der Waals surface area contributed by atoms with Gasteiger partial charge in [0, 0.05) is 12.8 Å². The zero-order chi connectivity index (χ0) is 11.0. The maximum absolute atomic E-state index is 10.8. The fraction of sp³-hybridized carbons (Fsp3) is 0.750. The lowest BCUT2D eigenvalue weighted by atomic mass is 9.72. The summed E-state index contributed by atoms with van der Waals surface area (Å²) >= 11 is 0. The highest BCUT2D eigenvalue weighted by molar-refractivity contribution is 5.98. The molecule has 0 heterocycles. The van der Waals surface area contributed by atoms with E-state index in [0.29, 0.717) is 0 Å². The van der Waals surface area contributed by atoms with Crippen LogP contribution in [0.15, 0.2) is 0 Å². The molecule has 6 heteroatoms. The standard InChI is InChI=1S/C8H12O6/c9-5(10)7(6(11)12)1-3-8(13,14)4-2-7/h13-14H,1-4H2,(H,9,10)(H,11,12). The molecule has 14 heavy (non-hydrogen) atoms. The van der Waals surface area contributed by atoms with E-state index in [1.807, 2.05) is 0 Å². The van der Waals surface area contributed by atoms with Gasteiger partial charge in [0.2, 0.25) is 0 Å². The van der Waals surface area contributed by atoms with Gasteiger partial charge in [0.1, 0.15) is 0 Å². The molecule has 0 atom stereocenters. The number of carbonyl (C=O) groups is 2. The van der Waals surface area contributed by atoms with Crippen LogP contribution < -0.4 is 0 Å². The van der Waals surface area contributed by atoms with Crippen molar-refractivity contribution in [2.75, 3.05) is 0 Å². The van der Waals surface area contributed by atoms with Crippen LogP contribution in [0.2, 0.25) is 0 Å². The van der Waals surface area contributed by atoms with Gasteiger partial charge >= 0.3 is 11.9 Å². The number of carboxylic acids is 2. The van der Waals surface area contributed by atoms with Crippen molar-refractivity contribution in [3.63, 3.8) is 0 Å². The summed E-state index contributed by atoms with van der Waals surface area (Å²) in [5.74, 6) is -4.75. The van der Waals surface area contributed by atoms with E-state index in [1.54, 1.807) is 0 Å². The zero-order valence-corrected chi connectivity index (χ0v) is 7.43. The molecule has 1 rings (SSSR count). The summed E-state index contributed by atoms with van der Waals surface area (Å²) in [5, 5.41) is 35.9. The number of aliphatic hydroxyl groups is 2. The molecule has 0 unspecified atom stereocenters. The molecule has 6 nitrogen and oxygen atoms in total. The molecule has 80 valence electrons.